The molecule has 33 heavy (non-hydrogen) atoms. The average Bonchev–Trinajstić information content (AvgIpc) is 2.94. The first kappa shape index (κ1) is 22.2. The maximum atomic E-state index is 13.8. The van der Waals surface area contributed by atoms with Gasteiger partial charge in [0, 0.05) is 32.2 Å². The second-order valence-corrected chi connectivity index (χ2v) is 11.4. The number of fused-ring (bicyclic) bond motifs is 2. The fraction of sp³-hybridized carbons (Fsp3) is 0.480. The van der Waals surface area contributed by atoms with E-state index in [0.29, 0.717) is 41.9 Å². The Balaban J connectivity index is 1.63. The fourth-order valence-electron chi connectivity index (χ4n) is 4.90. The number of nitrogens with zero attached hydrogens (tertiary/aromatic N) is 2. The van der Waals surface area contributed by atoms with Gasteiger partial charge in [0.05, 0.1) is 16.9 Å². The van der Waals surface area contributed by atoms with Crippen LogP contribution in [0.1, 0.15) is 54.9 Å². The first-order valence-electron chi connectivity index (χ1n) is 11.9. The summed E-state index contributed by atoms with van der Waals surface area (Å²) in [7, 11) is -3.75. The van der Waals surface area contributed by atoms with Crippen molar-refractivity contribution in [1.29, 1.82) is 0 Å². The van der Waals surface area contributed by atoms with E-state index in [2.05, 4.69) is 17.1 Å². The first-order chi connectivity index (χ1) is 15.8. The van der Waals surface area contributed by atoms with Gasteiger partial charge in [-0.25, -0.2) is 8.42 Å². The van der Waals surface area contributed by atoms with Gasteiger partial charge in [-0.05, 0) is 68.7 Å². The summed E-state index contributed by atoms with van der Waals surface area (Å²) in [6, 6.07) is 8.91. The molecule has 1 amide bonds. The number of amides is 1. The summed E-state index contributed by atoms with van der Waals surface area (Å²) in [5, 5.41) is 2.90. The van der Waals surface area contributed by atoms with Gasteiger partial charge in [0.1, 0.15) is 10.6 Å². The minimum atomic E-state index is -3.75. The molecule has 7 nitrogen and oxygen atoms in total. The lowest BCUT2D eigenvalue weighted by molar-refractivity contribution is 0.102. The summed E-state index contributed by atoms with van der Waals surface area (Å²) in [4.78, 5) is 15.5. The lowest BCUT2D eigenvalue weighted by atomic mass is 10.0. The molecule has 3 aliphatic heterocycles. The third-order valence-electron chi connectivity index (χ3n) is 6.97. The number of carbonyl (C=O) groups excluding carboxylic acids is 1. The van der Waals surface area contributed by atoms with Crippen LogP contribution in [-0.2, 0) is 10.0 Å². The highest BCUT2D eigenvalue weighted by Crippen LogP contribution is 2.42. The molecule has 2 fully saturated rings. The number of nitrogens with one attached hydrogen (secondary N) is 1. The molecule has 3 heterocycles. The number of rotatable bonds is 3. The summed E-state index contributed by atoms with van der Waals surface area (Å²) in [5.41, 5.74) is 2.47. The predicted octanol–water partition coefficient (Wildman–Crippen LogP) is 4.76. The zero-order chi connectivity index (χ0) is 23.2. The molecule has 2 aromatic carbocycles. The third kappa shape index (κ3) is 4.22. The Morgan fingerprint density at radius 1 is 0.970 bits per heavy atom. The molecule has 0 aromatic heterocycles. The predicted molar refractivity (Wildman–Crippen MR) is 129 cm³/mol. The lowest BCUT2D eigenvalue weighted by Gasteiger charge is -2.34. The van der Waals surface area contributed by atoms with Crippen LogP contribution < -0.4 is 15.0 Å². The average molecular weight is 470 g/mol. The van der Waals surface area contributed by atoms with E-state index in [1.807, 2.05) is 25.1 Å². The number of hydrogen-bond acceptors (Lipinski definition) is 5. The van der Waals surface area contributed by atoms with Gasteiger partial charge in [-0.2, -0.15) is 4.31 Å². The molecule has 0 aliphatic carbocycles. The number of hydrogen-bond donors (Lipinski definition) is 1. The van der Waals surface area contributed by atoms with E-state index in [1.54, 1.807) is 10.4 Å². The van der Waals surface area contributed by atoms with Gasteiger partial charge >= 0.3 is 0 Å². The molecule has 0 atom stereocenters. The minimum Gasteiger partial charge on any atom is -0.454 e. The second kappa shape index (κ2) is 8.65. The monoisotopic (exact) mass is 469 g/mol. The van der Waals surface area contributed by atoms with Crippen LogP contribution >= 0.6 is 0 Å². The summed E-state index contributed by atoms with van der Waals surface area (Å²) in [6.07, 6.45) is 4.87. The zero-order valence-electron chi connectivity index (χ0n) is 19.3. The van der Waals surface area contributed by atoms with Crippen LogP contribution in [0.2, 0.25) is 0 Å². The van der Waals surface area contributed by atoms with Gasteiger partial charge in [0.25, 0.3) is 5.91 Å². The van der Waals surface area contributed by atoms with Crippen molar-refractivity contribution in [3.63, 3.8) is 0 Å². The van der Waals surface area contributed by atoms with E-state index in [0.717, 1.165) is 50.8 Å². The third-order valence-corrected chi connectivity index (χ3v) is 8.89. The van der Waals surface area contributed by atoms with Crippen LogP contribution in [0.3, 0.4) is 0 Å². The Morgan fingerprint density at radius 3 is 2.42 bits per heavy atom. The highest BCUT2D eigenvalue weighted by molar-refractivity contribution is 7.89. The molecule has 0 spiro atoms. The van der Waals surface area contributed by atoms with E-state index < -0.39 is 10.0 Å². The normalized spacial score (nSPS) is 19.8. The van der Waals surface area contributed by atoms with Crippen molar-refractivity contribution < 1.29 is 17.9 Å². The quantitative estimate of drug-likeness (QED) is 0.701. The van der Waals surface area contributed by atoms with Gasteiger partial charge in [-0.1, -0.05) is 13.0 Å². The van der Waals surface area contributed by atoms with E-state index in [1.165, 1.54) is 6.07 Å². The molecule has 2 saturated heterocycles. The highest BCUT2D eigenvalue weighted by Gasteiger charge is 2.34. The van der Waals surface area contributed by atoms with Gasteiger partial charge < -0.3 is 15.0 Å². The van der Waals surface area contributed by atoms with E-state index in [4.69, 9.17) is 4.74 Å². The number of benzene rings is 2. The lowest BCUT2D eigenvalue weighted by Crippen LogP contribution is -2.39. The minimum absolute atomic E-state index is 0.207. The van der Waals surface area contributed by atoms with Crippen molar-refractivity contribution in [3.8, 4) is 11.5 Å². The topological polar surface area (TPSA) is 79.0 Å². The Hall–Kier alpha value is -2.58. The molecule has 0 unspecified atom stereocenters. The number of carbonyl (C=O) groups is 1. The van der Waals surface area contributed by atoms with Gasteiger partial charge in [-0.15, -0.1) is 0 Å². The summed E-state index contributed by atoms with van der Waals surface area (Å²) in [6.45, 7) is 6.71. The fourth-order valence-corrected chi connectivity index (χ4v) is 6.59. The summed E-state index contributed by atoms with van der Waals surface area (Å²) < 4.78 is 35.4. The Kier molecular flexibility index (Phi) is 5.82. The molecule has 8 heteroatoms. The molecular weight excluding hydrogens is 438 g/mol. The van der Waals surface area contributed by atoms with Gasteiger partial charge in [-0.3, -0.25) is 4.79 Å². The van der Waals surface area contributed by atoms with Crippen molar-refractivity contribution >= 4 is 27.3 Å². The number of ether oxygens (including phenoxy) is 1. The molecule has 2 aromatic rings. The molecule has 3 aliphatic rings. The van der Waals surface area contributed by atoms with Crippen molar-refractivity contribution in [3.05, 3.63) is 41.5 Å². The van der Waals surface area contributed by atoms with Crippen molar-refractivity contribution in [2.75, 3.05) is 36.4 Å². The number of aryl methyl sites for hydroxylation is 1. The molecular formula is C25H31N3O4S. The van der Waals surface area contributed by atoms with Crippen LogP contribution in [0, 0.1) is 12.8 Å². The van der Waals surface area contributed by atoms with Gasteiger partial charge in [0.2, 0.25) is 10.0 Å². The largest absolute Gasteiger partial charge is 0.454 e. The maximum Gasteiger partial charge on any atom is 0.259 e. The van der Waals surface area contributed by atoms with Crippen molar-refractivity contribution in [2.24, 2.45) is 5.92 Å². The molecule has 0 radical (unpaired) electrons. The van der Waals surface area contributed by atoms with Crippen LogP contribution in [0.25, 0.3) is 0 Å². The Morgan fingerprint density at radius 2 is 1.70 bits per heavy atom. The summed E-state index contributed by atoms with van der Waals surface area (Å²) >= 11 is 0. The number of piperidine rings is 2. The highest BCUT2D eigenvalue weighted by atomic mass is 32.2. The van der Waals surface area contributed by atoms with Crippen molar-refractivity contribution in [1.82, 2.24) is 4.31 Å². The van der Waals surface area contributed by atoms with E-state index in [-0.39, 0.29) is 16.4 Å². The molecule has 5 rings (SSSR count). The first-order valence-corrected chi connectivity index (χ1v) is 13.3. The molecule has 176 valence electrons. The maximum absolute atomic E-state index is 13.8. The summed E-state index contributed by atoms with van der Waals surface area (Å²) in [5.74, 6) is 1.11. The molecule has 0 bridgehead atoms. The SMILES string of the molecule is Cc1ccc2c(c1)NC(=O)c1cc(S(=O)(=O)N3CCC(C)CC3)c(N3CCCCC3)cc1O2. The number of sulfonamides is 1. The second-order valence-electron chi connectivity index (χ2n) is 9.51. The number of anilines is 2. The Bertz CT molecular complexity index is 1180. The standard InChI is InChI=1S/C25H31N3O4S/c1-17-8-12-28(13-9-17)33(30,31)24-15-19-23(16-21(24)27-10-4-3-5-11-27)32-22-7-6-18(2)14-20(22)26-25(19)29/h6-7,14-17H,3-5,8-13H2,1-2H3,(H,26,29). The molecule has 0 saturated carbocycles. The Labute approximate surface area is 195 Å². The van der Waals surface area contributed by atoms with Crippen LogP contribution in [0.5, 0.6) is 11.5 Å². The zero-order valence-corrected chi connectivity index (χ0v) is 20.1. The molecule has 1 N–H and O–H groups in total. The van der Waals surface area contributed by atoms with E-state index in [9.17, 15) is 13.2 Å². The van der Waals surface area contributed by atoms with Crippen LogP contribution in [-0.4, -0.2) is 44.8 Å². The smallest absolute Gasteiger partial charge is 0.259 e. The van der Waals surface area contributed by atoms with Crippen LogP contribution in [0.4, 0.5) is 11.4 Å². The van der Waals surface area contributed by atoms with Gasteiger partial charge in [0.15, 0.2) is 5.75 Å². The van der Waals surface area contributed by atoms with Crippen molar-refractivity contribution in [2.45, 2.75) is 50.8 Å². The van der Waals surface area contributed by atoms with Crippen LogP contribution in [0.15, 0.2) is 35.2 Å². The van der Waals surface area contributed by atoms with E-state index >= 15 is 0 Å².